The number of aromatic amines is 2. The Bertz CT molecular complexity index is 1180. The van der Waals surface area contributed by atoms with Crippen LogP contribution in [-0.2, 0) is 12.8 Å². The van der Waals surface area contributed by atoms with E-state index in [0.717, 1.165) is 28.5 Å². The Morgan fingerprint density at radius 1 is 1.04 bits per heavy atom. The number of hydrogen-bond acceptors (Lipinski definition) is 4. The van der Waals surface area contributed by atoms with Crippen molar-refractivity contribution in [1.29, 1.82) is 0 Å². The first kappa shape index (κ1) is 18.5. The summed E-state index contributed by atoms with van der Waals surface area (Å²) in [4.78, 5) is 18.3. The van der Waals surface area contributed by atoms with Crippen LogP contribution in [0.4, 0.5) is 5.95 Å². The van der Waals surface area contributed by atoms with Gasteiger partial charge in [0.2, 0.25) is 5.95 Å². The van der Waals surface area contributed by atoms with Crippen molar-refractivity contribution in [2.24, 2.45) is 0 Å². The van der Waals surface area contributed by atoms with Crippen molar-refractivity contribution >= 4 is 40.1 Å². The summed E-state index contributed by atoms with van der Waals surface area (Å²) in [5.74, 6) is 0.339. The van der Waals surface area contributed by atoms with E-state index in [1.54, 1.807) is 6.07 Å². The lowest BCUT2D eigenvalue weighted by molar-refractivity contribution is 0.855. The smallest absolute Gasteiger partial charge is 0.274 e. The topological polar surface area (TPSA) is 86.5 Å². The lowest BCUT2D eigenvalue weighted by atomic mass is 10.1. The molecule has 0 aliphatic heterocycles. The van der Waals surface area contributed by atoms with Crippen molar-refractivity contribution in [3.05, 3.63) is 85.9 Å². The third-order valence-corrected chi connectivity index (χ3v) is 5.10. The van der Waals surface area contributed by atoms with Crippen LogP contribution in [0, 0.1) is 0 Å². The largest absolute Gasteiger partial charge is 0.361 e. The molecule has 0 amide bonds. The zero-order valence-corrected chi connectivity index (χ0v) is 16.3. The SMILES string of the molecule is O=c1[nH]c(NCCc2c[nH]c3ccc(Cl)cc23)nnc1Cc1ccccc1Cl. The molecule has 0 atom stereocenters. The van der Waals surface area contributed by atoms with Gasteiger partial charge in [-0.05, 0) is 41.8 Å². The van der Waals surface area contributed by atoms with Crippen LogP contribution in [0.25, 0.3) is 10.9 Å². The number of nitrogens with zero attached hydrogens (tertiary/aromatic N) is 2. The zero-order valence-electron chi connectivity index (χ0n) is 14.8. The van der Waals surface area contributed by atoms with Gasteiger partial charge in [-0.1, -0.05) is 41.4 Å². The van der Waals surface area contributed by atoms with Crippen LogP contribution >= 0.6 is 23.2 Å². The predicted molar refractivity (Wildman–Crippen MR) is 112 cm³/mol. The van der Waals surface area contributed by atoms with Gasteiger partial charge in [0.15, 0.2) is 0 Å². The number of aromatic nitrogens is 4. The number of benzene rings is 2. The van der Waals surface area contributed by atoms with Crippen LogP contribution in [0.3, 0.4) is 0 Å². The van der Waals surface area contributed by atoms with E-state index in [1.807, 2.05) is 42.6 Å². The van der Waals surface area contributed by atoms with Gasteiger partial charge in [-0.2, -0.15) is 0 Å². The molecule has 2 aromatic carbocycles. The van der Waals surface area contributed by atoms with Crippen molar-refractivity contribution in [2.75, 3.05) is 11.9 Å². The highest BCUT2D eigenvalue weighted by molar-refractivity contribution is 6.31. The number of anilines is 1. The van der Waals surface area contributed by atoms with Gasteiger partial charge in [0.25, 0.3) is 5.56 Å². The Labute approximate surface area is 170 Å². The Hall–Kier alpha value is -2.83. The molecule has 3 N–H and O–H groups in total. The summed E-state index contributed by atoms with van der Waals surface area (Å²) in [6, 6.07) is 13.1. The van der Waals surface area contributed by atoms with Crippen molar-refractivity contribution in [3.8, 4) is 0 Å². The summed E-state index contributed by atoms with van der Waals surface area (Å²) in [7, 11) is 0. The molecule has 2 heterocycles. The van der Waals surface area contributed by atoms with Gasteiger partial charge < -0.3 is 10.3 Å². The summed E-state index contributed by atoms with van der Waals surface area (Å²) >= 11 is 12.2. The minimum atomic E-state index is -0.281. The van der Waals surface area contributed by atoms with E-state index >= 15 is 0 Å². The number of nitrogens with one attached hydrogen (secondary N) is 3. The van der Waals surface area contributed by atoms with E-state index in [1.165, 1.54) is 0 Å². The third kappa shape index (κ3) is 4.03. The van der Waals surface area contributed by atoms with E-state index in [0.29, 0.717) is 34.7 Å². The van der Waals surface area contributed by atoms with Gasteiger partial charge in [-0.15, -0.1) is 10.2 Å². The molecule has 2 aromatic heterocycles. The molecule has 0 spiro atoms. The molecule has 6 nitrogen and oxygen atoms in total. The second-order valence-electron chi connectivity index (χ2n) is 6.40. The predicted octanol–water partition coefficient (Wildman–Crippen LogP) is 4.20. The van der Waals surface area contributed by atoms with Gasteiger partial charge in [0, 0.05) is 40.1 Å². The molecule has 8 heteroatoms. The van der Waals surface area contributed by atoms with Crippen LogP contribution in [0.15, 0.2) is 53.5 Å². The highest BCUT2D eigenvalue weighted by Gasteiger charge is 2.09. The zero-order chi connectivity index (χ0) is 19.5. The lowest BCUT2D eigenvalue weighted by Crippen LogP contribution is -2.20. The quantitative estimate of drug-likeness (QED) is 0.442. The molecule has 4 rings (SSSR count). The molecule has 4 aromatic rings. The van der Waals surface area contributed by atoms with Gasteiger partial charge in [-0.25, -0.2) is 0 Å². The Morgan fingerprint density at radius 2 is 1.89 bits per heavy atom. The van der Waals surface area contributed by atoms with Crippen LogP contribution in [0.5, 0.6) is 0 Å². The number of hydrogen-bond donors (Lipinski definition) is 3. The average molecular weight is 414 g/mol. The molecule has 28 heavy (non-hydrogen) atoms. The summed E-state index contributed by atoms with van der Waals surface area (Å²) in [6.07, 6.45) is 3.04. The van der Waals surface area contributed by atoms with Crippen molar-refractivity contribution in [2.45, 2.75) is 12.8 Å². The maximum absolute atomic E-state index is 12.3. The molecule has 0 aliphatic carbocycles. The highest BCUT2D eigenvalue weighted by Crippen LogP contribution is 2.22. The first-order valence-corrected chi connectivity index (χ1v) is 9.54. The minimum absolute atomic E-state index is 0.281. The molecule has 0 radical (unpaired) electrons. The summed E-state index contributed by atoms with van der Waals surface area (Å²) < 4.78 is 0. The van der Waals surface area contributed by atoms with Crippen molar-refractivity contribution in [3.63, 3.8) is 0 Å². The van der Waals surface area contributed by atoms with Crippen LogP contribution in [0.2, 0.25) is 10.0 Å². The average Bonchev–Trinajstić information content (AvgIpc) is 3.08. The fraction of sp³-hybridized carbons (Fsp3) is 0.150. The van der Waals surface area contributed by atoms with E-state index in [-0.39, 0.29) is 5.56 Å². The third-order valence-electron chi connectivity index (χ3n) is 4.50. The first-order chi connectivity index (χ1) is 13.6. The standard InChI is InChI=1S/C20H17Cl2N5O/c21-14-5-6-17-15(10-14)13(11-24-17)7-8-23-20-25-19(28)18(26-27-20)9-12-3-1-2-4-16(12)22/h1-6,10-11,24H,7-9H2,(H2,23,25,27,28). The molecule has 0 aliphatic rings. The minimum Gasteiger partial charge on any atom is -0.361 e. The van der Waals surface area contributed by atoms with Crippen LogP contribution in [0.1, 0.15) is 16.8 Å². The summed E-state index contributed by atoms with van der Waals surface area (Å²) in [5, 5.41) is 13.6. The second kappa shape index (κ2) is 8.04. The molecule has 0 fully saturated rings. The number of H-pyrrole nitrogens is 2. The van der Waals surface area contributed by atoms with E-state index in [4.69, 9.17) is 23.2 Å². The fourth-order valence-electron chi connectivity index (χ4n) is 3.05. The second-order valence-corrected chi connectivity index (χ2v) is 7.24. The molecule has 142 valence electrons. The Morgan fingerprint density at radius 3 is 2.71 bits per heavy atom. The van der Waals surface area contributed by atoms with Crippen LogP contribution < -0.4 is 10.9 Å². The van der Waals surface area contributed by atoms with Gasteiger partial charge in [0.1, 0.15) is 5.69 Å². The molecular weight excluding hydrogens is 397 g/mol. The maximum Gasteiger partial charge on any atom is 0.274 e. The van der Waals surface area contributed by atoms with Gasteiger partial charge in [0.05, 0.1) is 0 Å². The Balaban J connectivity index is 1.41. The van der Waals surface area contributed by atoms with E-state index in [2.05, 4.69) is 25.5 Å². The van der Waals surface area contributed by atoms with Crippen molar-refractivity contribution < 1.29 is 0 Å². The fourth-order valence-corrected chi connectivity index (χ4v) is 3.43. The van der Waals surface area contributed by atoms with E-state index < -0.39 is 0 Å². The first-order valence-electron chi connectivity index (χ1n) is 8.79. The molecule has 0 unspecified atom stereocenters. The maximum atomic E-state index is 12.3. The Kier molecular flexibility index (Phi) is 5.32. The summed E-state index contributed by atoms with van der Waals surface area (Å²) in [6.45, 7) is 0.591. The molecule has 0 saturated heterocycles. The van der Waals surface area contributed by atoms with E-state index in [9.17, 15) is 4.79 Å². The van der Waals surface area contributed by atoms with Crippen LogP contribution in [-0.4, -0.2) is 26.7 Å². The normalized spacial score (nSPS) is 11.1. The lowest BCUT2D eigenvalue weighted by Gasteiger charge is -2.06. The monoisotopic (exact) mass is 413 g/mol. The number of rotatable bonds is 6. The molecular formula is C20H17Cl2N5O. The number of fused-ring (bicyclic) bond motifs is 1. The van der Waals surface area contributed by atoms with Gasteiger partial charge in [-0.3, -0.25) is 9.78 Å². The van der Waals surface area contributed by atoms with Gasteiger partial charge >= 0.3 is 0 Å². The number of halogens is 2. The molecule has 0 saturated carbocycles. The molecule has 0 bridgehead atoms. The highest BCUT2D eigenvalue weighted by atomic mass is 35.5. The summed E-state index contributed by atoms with van der Waals surface area (Å²) in [5.41, 5.74) is 3.05. The van der Waals surface area contributed by atoms with Crippen molar-refractivity contribution in [1.82, 2.24) is 20.2 Å².